The van der Waals surface area contributed by atoms with Crippen LogP contribution in [0.5, 0.6) is 0 Å². The fourth-order valence-electron chi connectivity index (χ4n) is 1.78. The quantitative estimate of drug-likeness (QED) is 0.809. The summed E-state index contributed by atoms with van der Waals surface area (Å²) in [7, 11) is 0. The van der Waals surface area contributed by atoms with Crippen LogP contribution in [0.2, 0.25) is 0 Å². The number of aliphatic carboxylic acids is 1. The zero-order chi connectivity index (χ0) is 10.8. The van der Waals surface area contributed by atoms with Crippen molar-refractivity contribution >= 4 is 16.7 Å². The monoisotopic (exact) mass is 200 g/mol. The van der Waals surface area contributed by atoms with Gasteiger partial charge in [-0.1, -0.05) is 36.4 Å². The molecule has 2 heteroatoms. The molecule has 76 valence electrons. The second-order valence-corrected chi connectivity index (χ2v) is 3.70. The predicted molar refractivity (Wildman–Crippen MR) is 60.0 cm³/mol. The molecule has 0 spiro atoms. The molecule has 0 radical (unpaired) electrons. The van der Waals surface area contributed by atoms with Crippen molar-refractivity contribution in [2.24, 2.45) is 0 Å². The average molecular weight is 200 g/mol. The second kappa shape index (κ2) is 3.73. The number of rotatable bonds is 2. The minimum absolute atomic E-state index is 0.0872. The molecule has 0 saturated carbocycles. The first-order chi connectivity index (χ1) is 7.16. The van der Waals surface area contributed by atoms with Crippen LogP contribution in [-0.4, -0.2) is 11.1 Å². The zero-order valence-electron chi connectivity index (χ0n) is 8.53. The molecule has 0 unspecified atom stereocenters. The van der Waals surface area contributed by atoms with Crippen molar-refractivity contribution in [2.75, 3.05) is 0 Å². The number of benzene rings is 2. The molecular weight excluding hydrogens is 188 g/mol. The largest absolute Gasteiger partial charge is 0.481 e. The first kappa shape index (κ1) is 9.71. The van der Waals surface area contributed by atoms with E-state index in [9.17, 15) is 4.79 Å². The molecule has 1 N–H and O–H groups in total. The highest BCUT2D eigenvalue weighted by Crippen LogP contribution is 2.19. The molecular formula is C13H12O2. The lowest BCUT2D eigenvalue weighted by Crippen LogP contribution is -1.99. The number of aryl methyl sites for hydroxylation is 1. The number of fused-ring (bicyclic) bond motifs is 1. The van der Waals surface area contributed by atoms with Gasteiger partial charge in [-0.3, -0.25) is 4.79 Å². The highest BCUT2D eigenvalue weighted by Gasteiger charge is 2.02. The highest BCUT2D eigenvalue weighted by molar-refractivity contribution is 5.86. The standard InChI is InChI=1S/C13H12O2/c1-9-3-2-4-11-7-10(8-13(14)15)5-6-12(9)11/h2-7H,8H2,1H3,(H,14,15). The third kappa shape index (κ3) is 1.99. The molecule has 0 bridgehead atoms. The van der Waals surface area contributed by atoms with E-state index in [4.69, 9.17) is 5.11 Å². The second-order valence-electron chi connectivity index (χ2n) is 3.70. The summed E-state index contributed by atoms with van der Waals surface area (Å²) in [5.74, 6) is -0.790. The molecule has 0 aromatic heterocycles. The van der Waals surface area contributed by atoms with Crippen LogP contribution < -0.4 is 0 Å². The van der Waals surface area contributed by atoms with Crippen molar-refractivity contribution in [3.05, 3.63) is 47.5 Å². The van der Waals surface area contributed by atoms with E-state index in [0.29, 0.717) is 0 Å². The summed E-state index contributed by atoms with van der Waals surface area (Å²) in [5.41, 5.74) is 2.06. The van der Waals surface area contributed by atoms with Gasteiger partial charge < -0.3 is 5.11 Å². The molecule has 2 nitrogen and oxygen atoms in total. The molecule has 0 amide bonds. The van der Waals surface area contributed by atoms with Crippen molar-refractivity contribution in [2.45, 2.75) is 13.3 Å². The van der Waals surface area contributed by atoms with E-state index >= 15 is 0 Å². The van der Waals surface area contributed by atoms with E-state index in [0.717, 1.165) is 10.9 Å². The molecule has 0 fully saturated rings. The molecule has 0 aliphatic rings. The molecule has 0 aliphatic heterocycles. The molecule has 0 aliphatic carbocycles. The van der Waals surface area contributed by atoms with Crippen LogP contribution in [0.15, 0.2) is 36.4 Å². The number of hydrogen-bond acceptors (Lipinski definition) is 1. The first-order valence-electron chi connectivity index (χ1n) is 4.87. The Morgan fingerprint density at radius 3 is 2.80 bits per heavy atom. The summed E-state index contributed by atoms with van der Waals surface area (Å²) in [6, 6.07) is 11.9. The maximum absolute atomic E-state index is 10.6. The van der Waals surface area contributed by atoms with Crippen molar-refractivity contribution in [1.82, 2.24) is 0 Å². The normalized spacial score (nSPS) is 10.5. The van der Waals surface area contributed by atoms with Gasteiger partial charge in [-0.2, -0.15) is 0 Å². The average Bonchev–Trinajstić information content (AvgIpc) is 2.17. The van der Waals surface area contributed by atoms with Gasteiger partial charge in [0.2, 0.25) is 0 Å². The Morgan fingerprint density at radius 1 is 1.27 bits per heavy atom. The van der Waals surface area contributed by atoms with E-state index in [1.165, 1.54) is 10.9 Å². The Kier molecular flexibility index (Phi) is 2.42. The van der Waals surface area contributed by atoms with E-state index < -0.39 is 5.97 Å². The van der Waals surface area contributed by atoms with Crippen molar-refractivity contribution in [3.8, 4) is 0 Å². The van der Waals surface area contributed by atoms with Gasteiger partial charge in [-0.25, -0.2) is 0 Å². The minimum Gasteiger partial charge on any atom is -0.481 e. The third-order valence-corrected chi connectivity index (χ3v) is 2.52. The SMILES string of the molecule is Cc1cccc2cc(CC(=O)O)ccc12. The van der Waals surface area contributed by atoms with Crippen LogP contribution in [-0.2, 0) is 11.2 Å². The fraction of sp³-hybridized carbons (Fsp3) is 0.154. The van der Waals surface area contributed by atoms with Gasteiger partial charge in [0.05, 0.1) is 6.42 Å². The van der Waals surface area contributed by atoms with Gasteiger partial charge in [-0.15, -0.1) is 0 Å². The molecule has 0 atom stereocenters. The van der Waals surface area contributed by atoms with Gasteiger partial charge in [0.1, 0.15) is 0 Å². The number of hydrogen-bond donors (Lipinski definition) is 1. The summed E-state index contributed by atoms with van der Waals surface area (Å²) >= 11 is 0. The van der Waals surface area contributed by atoms with Crippen molar-refractivity contribution in [3.63, 3.8) is 0 Å². The summed E-state index contributed by atoms with van der Waals surface area (Å²) in [6.07, 6.45) is 0.0872. The van der Waals surface area contributed by atoms with Crippen LogP contribution in [0.3, 0.4) is 0 Å². The van der Waals surface area contributed by atoms with Gasteiger partial charge in [-0.05, 0) is 28.8 Å². The first-order valence-corrected chi connectivity index (χ1v) is 4.87. The van der Waals surface area contributed by atoms with Crippen LogP contribution >= 0.6 is 0 Å². The third-order valence-electron chi connectivity index (χ3n) is 2.52. The van der Waals surface area contributed by atoms with Crippen LogP contribution in [0, 0.1) is 6.92 Å². The fourth-order valence-corrected chi connectivity index (χ4v) is 1.78. The molecule has 2 aromatic rings. The molecule has 0 heterocycles. The van der Waals surface area contributed by atoms with Crippen molar-refractivity contribution < 1.29 is 9.90 Å². The topological polar surface area (TPSA) is 37.3 Å². The van der Waals surface area contributed by atoms with Crippen LogP contribution in [0.25, 0.3) is 10.8 Å². The van der Waals surface area contributed by atoms with Gasteiger partial charge in [0.25, 0.3) is 0 Å². The predicted octanol–water partition coefficient (Wildman–Crippen LogP) is 2.78. The summed E-state index contributed by atoms with van der Waals surface area (Å²) in [6.45, 7) is 2.05. The number of carbonyl (C=O) groups is 1. The highest BCUT2D eigenvalue weighted by atomic mass is 16.4. The van der Waals surface area contributed by atoms with Gasteiger partial charge >= 0.3 is 5.97 Å². The van der Waals surface area contributed by atoms with Crippen LogP contribution in [0.4, 0.5) is 0 Å². The molecule has 0 saturated heterocycles. The summed E-state index contributed by atoms with van der Waals surface area (Å²) in [4.78, 5) is 10.6. The molecule has 15 heavy (non-hydrogen) atoms. The minimum atomic E-state index is -0.790. The zero-order valence-corrected chi connectivity index (χ0v) is 8.53. The lowest BCUT2D eigenvalue weighted by atomic mass is 10.0. The van der Waals surface area contributed by atoms with E-state index in [1.807, 2.05) is 30.3 Å². The maximum atomic E-state index is 10.6. The van der Waals surface area contributed by atoms with Gasteiger partial charge in [0, 0.05) is 0 Å². The Labute approximate surface area is 88.2 Å². The van der Waals surface area contributed by atoms with Gasteiger partial charge in [0.15, 0.2) is 0 Å². The lowest BCUT2D eigenvalue weighted by molar-refractivity contribution is -0.136. The molecule has 2 aromatic carbocycles. The van der Waals surface area contributed by atoms with E-state index in [1.54, 1.807) is 0 Å². The smallest absolute Gasteiger partial charge is 0.307 e. The van der Waals surface area contributed by atoms with E-state index in [2.05, 4.69) is 13.0 Å². The Bertz CT molecular complexity index is 515. The number of carboxylic acid groups (broad SMARTS) is 1. The maximum Gasteiger partial charge on any atom is 0.307 e. The molecule has 2 rings (SSSR count). The Morgan fingerprint density at radius 2 is 2.07 bits per heavy atom. The lowest BCUT2D eigenvalue weighted by Gasteiger charge is -2.03. The Hall–Kier alpha value is -1.83. The summed E-state index contributed by atoms with van der Waals surface area (Å²) < 4.78 is 0. The number of carboxylic acids is 1. The van der Waals surface area contributed by atoms with Crippen molar-refractivity contribution in [1.29, 1.82) is 0 Å². The van der Waals surface area contributed by atoms with Crippen LogP contribution in [0.1, 0.15) is 11.1 Å². The summed E-state index contributed by atoms with van der Waals surface area (Å²) in [5, 5.41) is 11.0. The van der Waals surface area contributed by atoms with E-state index in [-0.39, 0.29) is 6.42 Å². The Balaban J connectivity index is 2.52.